The Hall–Kier alpha value is -1.88. The number of hydrogen-bond acceptors (Lipinski definition) is 3. The standard InChI is InChI=1S/C17H25N3O2/c1-4-19(5-2)11-10-18-17(22)16-12-14-8-6-7-9-15(14)20(16)13(3)21/h6-9,16H,4-5,10-12H2,1-3H3,(H,18,22)/t16-/m1/s1. The van der Waals surface area contributed by atoms with Crippen LogP contribution in [-0.2, 0) is 16.0 Å². The van der Waals surface area contributed by atoms with E-state index >= 15 is 0 Å². The van der Waals surface area contributed by atoms with Crippen molar-refractivity contribution in [1.29, 1.82) is 0 Å². The van der Waals surface area contributed by atoms with Gasteiger partial charge in [0, 0.05) is 32.1 Å². The van der Waals surface area contributed by atoms with Gasteiger partial charge in [0.15, 0.2) is 0 Å². The average Bonchev–Trinajstić information content (AvgIpc) is 2.91. The van der Waals surface area contributed by atoms with Gasteiger partial charge in [-0.1, -0.05) is 32.0 Å². The van der Waals surface area contributed by atoms with E-state index in [-0.39, 0.29) is 11.8 Å². The van der Waals surface area contributed by atoms with Crippen molar-refractivity contribution >= 4 is 17.5 Å². The minimum atomic E-state index is -0.424. The average molecular weight is 303 g/mol. The third-order valence-corrected chi connectivity index (χ3v) is 4.24. The lowest BCUT2D eigenvalue weighted by Gasteiger charge is -2.24. The molecule has 0 spiro atoms. The van der Waals surface area contributed by atoms with Gasteiger partial charge in [-0.3, -0.25) is 14.5 Å². The van der Waals surface area contributed by atoms with Crippen LogP contribution in [0.5, 0.6) is 0 Å². The van der Waals surface area contributed by atoms with Crippen molar-refractivity contribution in [1.82, 2.24) is 10.2 Å². The number of nitrogens with one attached hydrogen (secondary N) is 1. The van der Waals surface area contributed by atoms with Gasteiger partial charge in [-0.25, -0.2) is 0 Å². The quantitative estimate of drug-likeness (QED) is 0.865. The highest BCUT2D eigenvalue weighted by atomic mass is 16.2. The van der Waals surface area contributed by atoms with Gasteiger partial charge in [-0.15, -0.1) is 0 Å². The second-order valence-corrected chi connectivity index (χ2v) is 5.56. The molecule has 1 aromatic carbocycles. The zero-order valence-corrected chi connectivity index (χ0v) is 13.6. The number of anilines is 1. The summed E-state index contributed by atoms with van der Waals surface area (Å²) in [6.45, 7) is 9.12. The third kappa shape index (κ3) is 3.47. The molecule has 1 aromatic rings. The number of fused-ring (bicyclic) bond motifs is 1. The van der Waals surface area contributed by atoms with Crippen LogP contribution in [0.25, 0.3) is 0 Å². The van der Waals surface area contributed by atoms with Gasteiger partial charge in [-0.2, -0.15) is 0 Å². The fraction of sp³-hybridized carbons (Fsp3) is 0.529. The van der Waals surface area contributed by atoms with Crippen molar-refractivity contribution in [3.63, 3.8) is 0 Å². The fourth-order valence-electron chi connectivity index (χ4n) is 2.98. The van der Waals surface area contributed by atoms with Crippen LogP contribution in [0.2, 0.25) is 0 Å². The summed E-state index contributed by atoms with van der Waals surface area (Å²) in [7, 11) is 0. The molecule has 120 valence electrons. The van der Waals surface area contributed by atoms with Crippen molar-refractivity contribution in [2.45, 2.75) is 33.2 Å². The van der Waals surface area contributed by atoms with Gasteiger partial charge < -0.3 is 10.2 Å². The zero-order valence-electron chi connectivity index (χ0n) is 13.6. The predicted octanol–water partition coefficient (Wildman–Crippen LogP) is 1.42. The van der Waals surface area contributed by atoms with Crippen molar-refractivity contribution < 1.29 is 9.59 Å². The second kappa shape index (κ2) is 7.40. The highest BCUT2D eigenvalue weighted by Gasteiger charge is 2.36. The number of carbonyl (C=O) groups excluding carboxylic acids is 2. The maximum absolute atomic E-state index is 12.5. The van der Waals surface area contributed by atoms with Crippen molar-refractivity contribution in [3.8, 4) is 0 Å². The molecule has 2 amide bonds. The Labute approximate surface area is 132 Å². The van der Waals surface area contributed by atoms with Gasteiger partial charge in [0.2, 0.25) is 11.8 Å². The van der Waals surface area contributed by atoms with E-state index in [2.05, 4.69) is 24.1 Å². The van der Waals surface area contributed by atoms with Crippen LogP contribution in [0.15, 0.2) is 24.3 Å². The maximum Gasteiger partial charge on any atom is 0.243 e. The monoisotopic (exact) mass is 303 g/mol. The Bertz CT molecular complexity index is 540. The number of rotatable bonds is 6. The molecule has 1 aliphatic rings. The molecule has 0 aliphatic carbocycles. The first-order valence-corrected chi connectivity index (χ1v) is 7.96. The van der Waals surface area contributed by atoms with Crippen LogP contribution in [0.3, 0.4) is 0 Å². The number of amides is 2. The SMILES string of the molecule is CCN(CC)CCNC(=O)[C@H]1Cc2ccccc2N1C(C)=O. The Morgan fingerprint density at radius 1 is 1.27 bits per heavy atom. The molecule has 5 heteroatoms. The van der Waals surface area contributed by atoms with E-state index in [9.17, 15) is 9.59 Å². The largest absolute Gasteiger partial charge is 0.353 e. The van der Waals surface area contributed by atoms with E-state index in [0.29, 0.717) is 13.0 Å². The summed E-state index contributed by atoms with van der Waals surface area (Å²) in [6.07, 6.45) is 0.590. The number of benzene rings is 1. The van der Waals surface area contributed by atoms with Crippen LogP contribution < -0.4 is 10.2 Å². The smallest absolute Gasteiger partial charge is 0.243 e. The molecule has 1 atom stereocenters. The number of carbonyl (C=O) groups is 2. The van der Waals surface area contributed by atoms with Crippen molar-refractivity contribution in [2.75, 3.05) is 31.1 Å². The third-order valence-electron chi connectivity index (χ3n) is 4.24. The molecular weight excluding hydrogens is 278 g/mol. The van der Waals surface area contributed by atoms with E-state index in [1.165, 1.54) is 6.92 Å². The van der Waals surface area contributed by atoms with Crippen LogP contribution in [0.1, 0.15) is 26.3 Å². The Balaban J connectivity index is 2.00. The Morgan fingerprint density at radius 3 is 2.59 bits per heavy atom. The number of para-hydroxylation sites is 1. The lowest BCUT2D eigenvalue weighted by molar-refractivity contribution is -0.125. The number of likely N-dealkylation sites (N-methyl/N-ethyl adjacent to an activating group) is 1. The molecule has 0 aromatic heterocycles. The molecule has 0 saturated heterocycles. The lowest BCUT2D eigenvalue weighted by Crippen LogP contribution is -2.48. The van der Waals surface area contributed by atoms with Gasteiger partial charge in [0.05, 0.1) is 0 Å². The summed E-state index contributed by atoms with van der Waals surface area (Å²) in [6, 6.07) is 7.30. The summed E-state index contributed by atoms with van der Waals surface area (Å²) in [5.74, 6) is -0.160. The molecule has 0 unspecified atom stereocenters. The molecule has 1 heterocycles. The molecule has 5 nitrogen and oxygen atoms in total. The summed E-state index contributed by atoms with van der Waals surface area (Å²) in [5, 5.41) is 2.97. The first-order valence-electron chi connectivity index (χ1n) is 7.96. The van der Waals surface area contributed by atoms with Crippen LogP contribution in [0.4, 0.5) is 5.69 Å². The molecule has 0 saturated carbocycles. The summed E-state index contributed by atoms with van der Waals surface area (Å²) < 4.78 is 0. The van der Waals surface area contributed by atoms with Gasteiger partial charge in [0.1, 0.15) is 6.04 Å². The maximum atomic E-state index is 12.5. The predicted molar refractivity (Wildman–Crippen MR) is 87.9 cm³/mol. The molecular formula is C17H25N3O2. The molecule has 1 aliphatic heterocycles. The van der Waals surface area contributed by atoms with Gasteiger partial charge in [0.25, 0.3) is 0 Å². The molecule has 2 rings (SSSR count). The van der Waals surface area contributed by atoms with Crippen LogP contribution >= 0.6 is 0 Å². The first kappa shape index (κ1) is 16.5. The molecule has 0 fully saturated rings. The fourth-order valence-corrected chi connectivity index (χ4v) is 2.98. The van der Waals surface area contributed by atoms with Gasteiger partial charge >= 0.3 is 0 Å². The summed E-state index contributed by atoms with van der Waals surface area (Å²) in [4.78, 5) is 28.3. The summed E-state index contributed by atoms with van der Waals surface area (Å²) in [5.41, 5.74) is 1.92. The van der Waals surface area contributed by atoms with Crippen LogP contribution in [-0.4, -0.2) is 48.9 Å². The molecule has 22 heavy (non-hydrogen) atoms. The van der Waals surface area contributed by atoms with E-state index in [1.807, 2.05) is 24.3 Å². The topological polar surface area (TPSA) is 52.7 Å². The van der Waals surface area contributed by atoms with E-state index < -0.39 is 6.04 Å². The second-order valence-electron chi connectivity index (χ2n) is 5.56. The number of nitrogens with zero attached hydrogens (tertiary/aromatic N) is 2. The zero-order chi connectivity index (χ0) is 16.1. The molecule has 1 N–H and O–H groups in total. The molecule has 0 radical (unpaired) electrons. The normalized spacial score (nSPS) is 16.7. The number of hydrogen-bond donors (Lipinski definition) is 1. The Kier molecular flexibility index (Phi) is 5.55. The van der Waals surface area contributed by atoms with Crippen molar-refractivity contribution in [3.05, 3.63) is 29.8 Å². The van der Waals surface area contributed by atoms with E-state index in [0.717, 1.165) is 30.9 Å². The minimum Gasteiger partial charge on any atom is -0.353 e. The minimum absolute atomic E-state index is 0.0708. The lowest BCUT2D eigenvalue weighted by atomic mass is 10.1. The summed E-state index contributed by atoms with van der Waals surface area (Å²) >= 11 is 0. The highest BCUT2D eigenvalue weighted by molar-refractivity contribution is 6.02. The van der Waals surface area contributed by atoms with Crippen LogP contribution in [0, 0.1) is 0 Å². The first-order chi connectivity index (χ1) is 10.6. The molecule has 0 bridgehead atoms. The van der Waals surface area contributed by atoms with E-state index in [1.54, 1.807) is 4.90 Å². The van der Waals surface area contributed by atoms with E-state index in [4.69, 9.17) is 0 Å². The van der Waals surface area contributed by atoms with Crippen molar-refractivity contribution in [2.24, 2.45) is 0 Å². The Morgan fingerprint density at radius 2 is 1.95 bits per heavy atom. The van der Waals surface area contributed by atoms with Gasteiger partial charge in [-0.05, 0) is 24.7 Å². The highest BCUT2D eigenvalue weighted by Crippen LogP contribution is 2.32.